The average molecular weight is 423 g/mol. The molecule has 0 amide bonds. The number of hydrogen-bond donors (Lipinski definition) is 0. The molecule has 1 atom stereocenters. The number of methoxy groups -OCH3 is 2. The molecule has 1 unspecified atom stereocenters. The Morgan fingerprint density at radius 2 is 1.45 bits per heavy atom. The lowest BCUT2D eigenvalue weighted by Gasteiger charge is -2.12. The summed E-state index contributed by atoms with van der Waals surface area (Å²) < 4.78 is 10.3. The van der Waals surface area contributed by atoms with Crippen LogP contribution in [0, 0.1) is 5.92 Å². The fourth-order valence-electron chi connectivity index (χ4n) is 2.61. The van der Waals surface area contributed by atoms with Gasteiger partial charge in [0.25, 0.3) is 0 Å². The van der Waals surface area contributed by atoms with Gasteiger partial charge in [0, 0.05) is 12.7 Å². The summed E-state index contributed by atoms with van der Waals surface area (Å²) in [5.41, 5.74) is 4.21. The monoisotopic (exact) mass is 422 g/mol. The normalized spacial score (nSPS) is 13.2. The Morgan fingerprint density at radius 3 is 1.84 bits per heavy atom. The summed E-state index contributed by atoms with van der Waals surface area (Å²) in [4.78, 5) is 10.5. The number of aldehydes is 1. The number of allylic oxidation sites excluding steroid dienone is 2. The van der Waals surface area contributed by atoms with Crippen molar-refractivity contribution in [2.75, 3.05) is 14.2 Å². The Kier molecular flexibility index (Phi) is 12.9. The predicted molar refractivity (Wildman–Crippen MR) is 132 cm³/mol. The van der Waals surface area contributed by atoms with Crippen LogP contribution in [0.25, 0.3) is 11.1 Å². The molecule has 0 N–H and O–H groups in total. The quantitative estimate of drug-likeness (QED) is 0.451. The van der Waals surface area contributed by atoms with E-state index in [9.17, 15) is 4.79 Å². The van der Waals surface area contributed by atoms with Crippen LogP contribution < -0.4 is 4.74 Å². The van der Waals surface area contributed by atoms with E-state index in [1.165, 1.54) is 24.8 Å². The van der Waals surface area contributed by atoms with E-state index >= 15 is 0 Å². The van der Waals surface area contributed by atoms with E-state index in [1.807, 2.05) is 48.5 Å². The lowest BCUT2D eigenvalue weighted by Crippen LogP contribution is -2.07. The van der Waals surface area contributed by atoms with E-state index in [1.54, 1.807) is 14.2 Å². The number of benzene rings is 2. The molecule has 0 saturated heterocycles. The van der Waals surface area contributed by atoms with Crippen molar-refractivity contribution in [1.82, 2.24) is 0 Å². The second kappa shape index (κ2) is 15.2. The fraction of sp³-hybridized carbons (Fsp3) is 0.393. The third kappa shape index (κ3) is 10.3. The van der Waals surface area contributed by atoms with Crippen LogP contribution in [0.15, 0.2) is 72.3 Å². The van der Waals surface area contributed by atoms with Crippen LogP contribution in [0.5, 0.6) is 5.75 Å². The average Bonchev–Trinajstić information content (AvgIpc) is 2.85. The number of rotatable bonds is 6. The Labute approximate surface area is 188 Å². The van der Waals surface area contributed by atoms with Gasteiger partial charge in [0.2, 0.25) is 0 Å². The van der Waals surface area contributed by atoms with Gasteiger partial charge in [-0.3, -0.25) is 4.79 Å². The smallest absolute Gasteiger partial charge is 0.150 e. The summed E-state index contributed by atoms with van der Waals surface area (Å²) in [5, 5.41) is 0. The van der Waals surface area contributed by atoms with Gasteiger partial charge >= 0.3 is 0 Å². The van der Waals surface area contributed by atoms with E-state index in [0.717, 1.165) is 29.1 Å². The maximum atomic E-state index is 10.5. The number of carbonyl (C=O) groups excluding carboxylic acids is 1. The van der Waals surface area contributed by atoms with Gasteiger partial charge in [-0.15, -0.1) is 0 Å². The lowest BCUT2D eigenvalue weighted by atomic mass is 10.0. The zero-order valence-electron chi connectivity index (χ0n) is 19.9. The van der Waals surface area contributed by atoms with Crippen LogP contribution in [0.3, 0.4) is 0 Å². The molecule has 3 heteroatoms. The van der Waals surface area contributed by atoms with Gasteiger partial charge < -0.3 is 9.47 Å². The second-order valence-electron chi connectivity index (χ2n) is 7.83. The first kappa shape index (κ1) is 26.4. The molecule has 0 fully saturated rings. The van der Waals surface area contributed by atoms with Crippen molar-refractivity contribution in [2.45, 2.75) is 53.1 Å². The largest absolute Gasteiger partial charge is 0.497 e. The SMILES string of the molecule is CCC(C)C.COC(C)C1=CCCC=C1.COc1ccc(-c2ccc(C=O)cc2)cc1. The molecule has 0 heterocycles. The van der Waals surface area contributed by atoms with Gasteiger partial charge in [0.15, 0.2) is 0 Å². The molecule has 2 aromatic carbocycles. The second-order valence-corrected chi connectivity index (χ2v) is 7.83. The van der Waals surface area contributed by atoms with Crippen LogP contribution >= 0.6 is 0 Å². The van der Waals surface area contributed by atoms with Gasteiger partial charge in [0.1, 0.15) is 12.0 Å². The van der Waals surface area contributed by atoms with Crippen molar-refractivity contribution < 1.29 is 14.3 Å². The first-order valence-electron chi connectivity index (χ1n) is 11.0. The summed E-state index contributed by atoms with van der Waals surface area (Å²) >= 11 is 0. The first-order valence-corrected chi connectivity index (χ1v) is 11.0. The number of carbonyl (C=O) groups is 1. The van der Waals surface area contributed by atoms with Gasteiger partial charge in [0.05, 0.1) is 13.2 Å². The zero-order valence-corrected chi connectivity index (χ0v) is 19.9. The number of hydrogen-bond acceptors (Lipinski definition) is 3. The molecular formula is C28H38O3. The van der Waals surface area contributed by atoms with Crippen LogP contribution in [-0.4, -0.2) is 26.6 Å². The molecule has 0 aromatic heterocycles. The predicted octanol–water partition coefficient (Wildman–Crippen LogP) is 7.52. The summed E-state index contributed by atoms with van der Waals surface area (Å²) in [6.45, 7) is 8.71. The molecule has 0 spiro atoms. The highest BCUT2D eigenvalue weighted by Gasteiger charge is 2.04. The minimum Gasteiger partial charge on any atom is -0.497 e. The Morgan fingerprint density at radius 1 is 0.903 bits per heavy atom. The van der Waals surface area contributed by atoms with Gasteiger partial charge in [-0.05, 0) is 54.5 Å². The minimum absolute atomic E-state index is 0.261. The summed E-state index contributed by atoms with van der Waals surface area (Å²) in [6, 6.07) is 15.3. The van der Waals surface area contributed by atoms with E-state index < -0.39 is 0 Å². The summed E-state index contributed by atoms with van der Waals surface area (Å²) in [7, 11) is 3.39. The molecule has 2 aromatic rings. The molecule has 1 aliphatic rings. The Balaban J connectivity index is 0.000000273. The molecule has 3 nitrogen and oxygen atoms in total. The standard InChI is InChI=1S/C14H12O2.C9H14O.C5H12/c1-16-14-8-6-13(7-9-14)12-4-2-11(10-15)3-5-12;1-8(10-2)9-6-4-3-5-7-9;1-4-5(2)3/h2-10H,1H3;4,6-8H,3,5H2,1-2H3;5H,4H2,1-3H3. The highest BCUT2D eigenvalue weighted by atomic mass is 16.5. The molecule has 0 saturated carbocycles. The van der Waals surface area contributed by atoms with Crippen LogP contribution in [0.4, 0.5) is 0 Å². The van der Waals surface area contributed by atoms with E-state index in [4.69, 9.17) is 9.47 Å². The van der Waals surface area contributed by atoms with E-state index in [-0.39, 0.29) is 6.10 Å². The third-order valence-electron chi connectivity index (χ3n) is 5.13. The van der Waals surface area contributed by atoms with Crippen molar-refractivity contribution in [3.05, 3.63) is 77.9 Å². The van der Waals surface area contributed by atoms with Gasteiger partial charge in [-0.1, -0.05) is 81.8 Å². The van der Waals surface area contributed by atoms with Crippen LogP contribution in [0.2, 0.25) is 0 Å². The maximum absolute atomic E-state index is 10.5. The molecule has 168 valence electrons. The molecular weight excluding hydrogens is 384 g/mol. The van der Waals surface area contributed by atoms with Gasteiger partial charge in [-0.25, -0.2) is 0 Å². The number of ether oxygens (including phenoxy) is 2. The summed E-state index contributed by atoms with van der Waals surface area (Å²) in [6.07, 6.45) is 11.4. The fourth-order valence-corrected chi connectivity index (χ4v) is 2.61. The third-order valence-corrected chi connectivity index (χ3v) is 5.13. The molecule has 1 aliphatic carbocycles. The molecule has 31 heavy (non-hydrogen) atoms. The van der Waals surface area contributed by atoms with Crippen LogP contribution in [-0.2, 0) is 4.74 Å². The molecule has 0 bridgehead atoms. The molecule has 3 rings (SSSR count). The zero-order chi connectivity index (χ0) is 23.1. The minimum atomic E-state index is 0.261. The molecule has 0 radical (unpaired) electrons. The topological polar surface area (TPSA) is 35.5 Å². The molecule has 0 aliphatic heterocycles. The highest BCUT2D eigenvalue weighted by molar-refractivity contribution is 5.77. The van der Waals surface area contributed by atoms with Crippen molar-refractivity contribution >= 4 is 6.29 Å². The van der Waals surface area contributed by atoms with Crippen molar-refractivity contribution in [1.29, 1.82) is 0 Å². The first-order chi connectivity index (χ1) is 14.9. The summed E-state index contributed by atoms with van der Waals surface area (Å²) in [5.74, 6) is 1.73. The van der Waals surface area contributed by atoms with E-state index in [2.05, 4.69) is 45.9 Å². The Hall–Kier alpha value is -2.65. The highest BCUT2D eigenvalue weighted by Crippen LogP contribution is 2.22. The maximum Gasteiger partial charge on any atom is 0.150 e. The van der Waals surface area contributed by atoms with Crippen molar-refractivity contribution in [3.63, 3.8) is 0 Å². The van der Waals surface area contributed by atoms with E-state index in [0.29, 0.717) is 5.56 Å². The van der Waals surface area contributed by atoms with Gasteiger partial charge in [-0.2, -0.15) is 0 Å². The van der Waals surface area contributed by atoms with Crippen molar-refractivity contribution in [3.8, 4) is 16.9 Å². The lowest BCUT2D eigenvalue weighted by molar-refractivity contribution is 0.112. The van der Waals surface area contributed by atoms with Crippen molar-refractivity contribution in [2.24, 2.45) is 5.92 Å². The van der Waals surface area contributed by atoms with Crippen LogP contribution in [0.1, 0.15) is 57.3 Å². The Bertz CT molecular complexity index is 799.